The predicted molar refractivity (Wildman–Crippen MR) is 137 cm³/mol. The third kappa shape index (κ3) is 5.25. The molecule has 2 aliphatic heterocycles. The van der Waals surface area contributed by atoms with Crippen molar-refractivity contribution in [3.05, 3.63) is 52.2 Å². The molecule has 0 bridgehead atoms. The molecule has 0 radical (unpaired) electrons. The maximum Gasteiger partial charge on any atom is 0.197 e. The summed E-state index contributed by atoms with van der Waals surface area (Å²) in [4.78, 5) is 13.2. The molecule has 222 valence electrons. The number of aliphatic hydroxyl groups is 6. The lowest BCUT2D eigenvalue weighted by Crippen LogP contribution is -2.60. The number of fused-ring (bicyclic) bond motifs is 1. The number of hydrogen-bond donors (Lipinski definition) is 8. The van der Waals surface area contributed by atoms with E-state index in [9.17, 15) is 45.6 Å². The van der Waals surface area contributed by atoms with Gasteiger partial charge in [0.05, 0.1) is 25.9 Å². The summed E-state index contributed by atoms with van der Waals surface area (Å²) in [7, 11) is 1.26. The van der Waals surface area contributed by atoms with Gasteiger partial charge in [0.2, 0.25) is 0 Å². The van der Waals surface area contributed by atoms with Gasteiger partial charge in [0, 0.05) is 17.7 Å². The molecule has 2 aliphatic rings. The Morgan fingerprint density at radius 2 is 1.66 bits per heavy atom. The molecule has 3 unspecified atom stereocenters. The van der Waals surface area contributed by atoms with E-state index in [0.717, 1.165) is 6.07 Å². The number of hydrogen-bond acceptors (Lipinski definition) is 14. The van der Waals surface area contributed by atoms with E-state index < -0.39 is 79.5 Å². The molecule has 0 saturated carbocycles. The van der Waals surface area contributed by atoms with Crippen LogP contribution in [0.25, 0.3) is 22.3 Å². The maximum absolute atomic E-state index is 13.2. The van der Waals surface area contributed by atoms with Crippen LogP contribution in [-0.2, 0) is 14.2 Å². The first-order valence-corrected chi connectivity index (χ1v) is 12.7. The molecule has 9 atom stereocenters. The van der Waals surface area contributed by atoms with Gasteiger partial charge in [0.1, 0.15) is 82.8 Å². The molecule has 5 rings (SSSR count). The van der Waals surface area contributed by atoms with Crippen LogP contribution >= 0.6 is 0 Å². The third-order valence-corrected chi connectivity index (χ3v) is 7.26. The lowest BCUT2D eigenvalue weighted by Gasteiger charge is -2.45. The molecule has 8 N–H and O–H groups in total. The Hall–Kier alpha value is -3.31. The minimum absolute atomic E-state index is 0.00965. The van der Waals surface area contributed by atoms with Gasteiger partial charge >= 0.3 is 0 Å². The van der Waals surface area contributed by atoms with Gasteiger partial charge in [-0.2, -0.15) is 0 Å². The highest BCUT2D eigenvalue weighted by atomic mass is 16.7. The number of methoxy groups -OCH3 is 1. The molecule has 14 nitrogen and oxygen atoms in total. The van der Waals surface area contributed by atoms with Crippen molar-refractivity contribution in [2.45, 2.75) is 55.1 Å². The highest BCUT2D eigenvalue weighted by Gasteiger charge is 2.50. The average Bonchev–Trinajstić information content (AvgIpc) is 2.95. The normalized spacial score (nSPS) is 32.2. The van der Waals surface area contributed by atoms with Crippen LogP contribution in [-0.4, -0.2) is 110 Å². The molecule has 2 aromatic carbocycles. The molecule has 0 aliphatic carbocycles. The van der Waals surface area contributed by atoms with Gasteiger partial charge in [0.25, 0.3) is 0 Å². The fourth-order valence-electron chi connectivity index (χ4n) is 5.04. The summed E-state index contributed by atoms with van der Waals surface area (Å²) in [6.07, 6.45) is -14.4. The van der Waals surface area contributed by atoms with Gasteiger partial charge in [-0.05, 0) is 24.3 Å². The highest BCUT2D eigenvalue weighted by Crippen LogP contribution is 2.46. The highest BCUT2D eigenvalue weighted by molar-refractivity contribution is 5.88. The van der Waals surface area contributed by atoms with Gasteiger partial charge in [-0.1, -0.05) is 0 Å². The number of phenolic OH excluding ortho intramolecular Hbond substituents is 2. The summed E-state index contributed by atoms with van der Waals surface area (Å²) < 4.78 is 28.2. The average molecular weight is 579 g/mol. The second-order valence-corrected chi connectivity index (χ2v) is 9.85. The van der Waals surface area contributed by atoms with E-state index in [0.29, 0.717) is 5.56 Å². The van der Waals surface area contributed by atoms with Crippen LogP contribution in [0, 0.1) is 0 Å². The smallest absolute Gasteiger partial charge is 0.197 e. The molecule has 0 amide bonds. The molecule has 2 fully saturated rings. The van der Waals surface area contributed by atoms with Gasteiger partial charge in [-0.25, -0.2) is 0 Å². The molecule has 3 heterocycles. The monoisotopic (exact) mass is 578 g/mol. The molecular weight excluding hydrogens is 548 g/mol. The molecule has 14 heteroatoms. The van der Waals surface area contributed by atoms with Crippen molar-refractivity contribution in [2.75, 3.05) is 20.3 Å². The number of benzene rings is 2. The summed E-state index contributed by atoms with van der Waals surface area (Å²) >= 11 is 0. The van der Waals surface area contributed by atoms with Gasteiger partial charge in [-0.3, -0.25) is 4.79 Å². The van der Waals surface area contributed by atoms with Crippen molar-refractivity contribution in [3.63, 3.8) is 0 Å². The number of rotatable bonds is 6. The zero-order valence-electron chi connectivity index (χ0n) is 21.6. The largest absolute Gasteiger partial charge is 0.508 e. The van der Waals surface area contributed by atoms with E-state index >= 15 is 0 Å². The van der Waals surface area contributed by atoms with E-state index in [1.54, 1.807) is 0 Å². The van der Waals surface area contributed by atoms with Crippen molar-refractivity contribution in [1.29, 1.82) is 0 Å². The summed E-state index contributed by atoms with van der Waals surface area (Å²) in [5.41, 5.74) is -0.472. The van der Waals surface area contributed by atoms with Crippen molar-refractivity contribution in [2.24, 2.45) is 0 Å². The molecule has 41 heavy (non-hydrogen) atoms. The zero-order valence-corrected chi connectivity index (χ0v) is 21.6. The van der Waals surface area contributed by atoms with Crippen LogP contribution in [0.15, 0.2) is 45.6 Å². The number of aliphatic hydroxyl groups excluding tert-OH is 6. The van der Waals surface area contributed by atoms with E-state index in [1.165, 1.54) is 37.4 Å². The van der Waals surface area contributed by atoms with E-state index in [1.807, 2.05) is 0 Å². The Labute approximate surface area is 231 Å². The van der Waals surface area contributed by atoms with Gasteiger partial charge in [0.15, 0.2) is 11.7 Å². The Balaban J connectivity index is 1.61. The summed E-state index contributed by atoms with van der Waals surface area (Å²) in [5, 5.41) is 82.2. The van der Waals surface area contributed by atoms with E-state index in [2.05, 4.69) is 0 Å². The van der Waals surface area contributed by atoms with Crippen molar-refractivity contribution in [3.8, 4) is 28.6 Å². The quantitative estimate of drug-likeness (QED) is 0.173. The summed E-state index contributed by atoms with van der Waals surface area (Å²) in [5.74, 6) is -0.601. The lowest BCUT2D eigenvalue weighted by atomic mass is 9.89. The third-order valence-electron chi connectivity index (χ3n) is 7.26. The fraction of sp³-hybridized carbons (Fsp3) is 0.444. The van der Waals surface area contributed by atoms with E-state index in [-0.39, 0.29) is 33.8 Å². The topological polar surface area (TPSA) is 229 Å². The van der Waals surface area contributed by atoms with Crippen LogP contribution in [0.4, 0.5) is 0 Å². The minimum atomic E-state index is -1.79. The summed E-state index contributed by atoms with van der Waals surface area (Å²) in [6, 6.07) is 8.31. The Bertz CT molecular complexity index is 1440. The van der Waals surface area contributed by atoms with Crippen LogP contribution in [0.2, 0.25) is 0 Å². The Morgan fingerprint density at radius 1 is 0.951 bits per heavy atom. The predicted octanol–water partition coefficient (Wildman–Crippen LogP) is -1.14. The molecule has 3 aromatic rings. The van der Waals surface area contributed by atoms with Crippen molar-refractivity contribution < 1.29 is 64.2 Å². The molecular formula is C27H30O14. The summed E-state index contributed by atoms with van der Waals surface area (Å²) in [6.45, 7) is -1.17. The zero-order chi connectivity index (χ0) is 29.6. The maximum atomic E-state index is 13.2. The minimum Gasteiger partial charge on any atom is -0.508 e. The van der Waals surface area contributed by atoms with Crippen LogP contribution in [0.3, 0.4) is 0 Å². The Kier molecular flexibility index (Phi) is 8.20. The van der Waals surface area contributed by atoms with Crippen molar-refractivity contribution in [1.82, 2.24) is 0 Å². The van der Waals surface area contributed by atoms with Gasteiger partial charge in [-0.15, -0.1) is 0 Å². The molecule has 2 saturated heterocycles. The number of phenols is 2. The molecule has 0 spiro atoms. The SMILES string of the molecule is COc1cc2oc(-c3ccc(O)cc3)cc(=O)c2c(O)c1[C@@H]1OC(CO)[C@@H](O)[C@H](O)C1O[C@@H]1OC[C@@H](O)[C@H](O)C1O. The fourth-order valence-corrected chi connectivity index (χ4v) is 5.04. The van der Waals surface area contributed by atoms with Crippen LogP contribution in [0.1, 0.15) is 11.7 Å². The second kappa shape index (κ2) is 11.5. The van der Waals surface area contributed by atoms with Crippen LogP contribution < -0.4 is 10.2 Å². The van der Waals surface area contributed by atoms with Crippen LogP contribution in [0.5, 0.6) is 17.2 Å². The number of aromatic hydroxyl groups is 2. The standard InChI is InChI=1S/C27H30O14/c1-37-15-7-16-18(12(30)6-14(39-16)10-2-4-11(29)5-3-10)22(34)19(15)25-26(23(35)21(33)17(8-28)40-25)41-27-24(36)20(32)13(31)9-38-27/h2-7,13,17,20-21,23-29,31-36H,8-9H2,1H3/t13-,17?,20+,21-,23+,24?,25+,26?,27+/m1/s1. The first kappa shape index (κ1) is 29.2. The second-order valence-electron chi connectivity index (χ2n) is 9.85. The first-order valence-electron chi connectivity index (χ1n) is 12.7. The van der Waals surface area contributed by atoms with Crippen molar-refractivity contribution >= 4 is 11.0 Å². The van der Waals surface area contributed by atoms with E-state index in [4.69, 9.17) is 23.4 Å². The molecule has 1 aromatic heterocycles. The Morgan fingerprint density at radius 3 is 2.32 bits per heavy atom. The van der Waals surface area contributed by atoms with Gasteiger partial charge < -0.3 is 64.2 Å². The first-order chi connectivity index (χ1) is 19.5. The lowest BCUT2D eigenvalue weighted by molar-refractivity contribution is -0.325. The number of ether oxygens (including phenoxy) is 4.